The second-order valence-electron chi connectivity index (χ2n) is 19.1. The number of carboxylic acid groups (broad SMARTS) is 2. The normalized spacial score (nSPS) is 15.2. The minimum Gasteiger partial charge on any atom is -0.543 e. The van der Waals surface area contributed by atoms with Crippen LogP contribution in [0.25, 0.3) is 12.2 Å². The molecule has 0 spiro atoms. The first-order chi connectivity index (χ1) is 45.2. The zero-order valence-electron chi connectivity index (χ0n) is 47.8. The molecular formula is C52H33Cl4N18NaO18S4. The van der Waals surface area contributed by atoms with Crippen LogP contribution in [0.4, 0.5) is 69.3 Å². The molecule has 492 valence electrons. The van der Waals surface area contributed by atoms with Gasteiger partial charge in [0.15, 0.2) is 11.8 Å². The van der Waals surface area contributed by atoms with Crippen LogP contribution in [0.5, 0.6) is 0 Å². The molecule has 2 aliphatic rings. The van der Waals surface area contributed by atoms with Gasteiger partial charge in [-0.05, 0) is 119 Å². The van der Waals surface area contributed by atoms with Crippen molar-refractivity contribution in [1.29, 1.82) is 0 Å². The molecule has 97 heavy (non-hydrogen) atoms. The van der Waals surface area contributed by atoms with Gasteiger partial charge in [-0.3, -0.25) is 27.8 Å². The van der Waals surface area contributed by atoms with Gasteiger partial charge < -0.3 is 36.3 Å². The Bertz CT molecular complexity index is 4960. The number of azo groups is 2. The maximum atomic E-state index is 13.4. The number of para-hydroxylation sites is 2. The van der Waals surface area contributed by atoms with Gasteiger partial charge in [-0.25, -0.2) is 4.79 Å². The number of benzene rings is 6. The Balaban J connectivity index is 0.0000110. The molecule has 36 nitrogen and oxygen atoms in total. The summed E-state index contributed by atoms with van der Waals surface area (Å²) in [6.45, 7) is 0. The molecule has 2 amide bonds. The molecule has 0 saturated carbocycles. The number of hydrazone groups is 2. The summed E-state index contributed by atoms with van der Waals surface area (Å²) in [6, 6.07) is 20.2. The SMILES string of the molecule is O=C([O-])C1=NN(c2ccccc2Cl)C(=O)C1N=Nc1cc(Nc2nc(Cl)nc(Nc3ccc(C=Cc4ccc(Nc5nc(Cl)nc(Nc6ccc(S(=O)(=O)O)c(N=NC7C(=O)N(c8ccccc8Cl)N=C7C(=O)O)c6)n5)cc4S(=O)(=O)O)c(S(=O)(=O)O)c3)n2)ccc1S(=O)(=O)O.[Na+]. The zero-order valence-corrected chi connectivity index (χ0v) is 56.1. The molecule has 4 heterocycles. The summed E-state index contributed by atoms with van der Waals surface area (Å²) in [4.78, 5) is 71.7. The van der Waals surface area contributed by atoms with Crippen LogP contribution < -0.4 is 65.9 Å². The molecular weight excluding hydrogens is 1460 g/mol. The van der Waals surface area contributed by atoms with Gasteiger partial charge in [0.1, 0.15) is 36.7 Å². The molecule has 6 aromatic carbocycles. The monoisotopic (exact) mass is 1490 g/mol. The molecule has 8 aromatic rings. The fraction of sp³-hybridized carbons (Fsp3) is 0.0385. The van der Waals surface area contributed by atoms with E-state index in [0.717, 1.165) is 72.8 Å². The average Bonchev–Trinajstić information content (AvgIpc) is 1.66. The van der Waals surface area contributed by atoms with Gasteiger partial charge in [-0.15, -0.1) is 0 Å². The fourth-order valence-corrected chi connectivity index (χ4v) is 12.0. The van der Waals surface area contributed by atoms with Crippen molar-refractivity contribution in [3.8, 4) is 0 Å². The number of halogens is 4. The number of hydrogen-bond acceptors (Lipinski definition) is 29. The van der Waals surface area contributed by atoms with Gasteiger partial charge >= 0.3 is 35.5 Å². The minimum absolute atomic E-state index is 0. The van der Waals surface area contributed by atoms with Crippen LogP contribution in [0, 0.1) is 0 Å². The molecule has 9 N–H and O–H groups in total. The van der Waals surface area contributed by atoms with Crippen LogP contribution in [-0.2, 0) is 59.7 Å². The molecule has 10 rings (SSSR count). The van der Waals surface area contributed by atoms with E-state index in [4.69, 9.17) is 46.4 Å². The summed E-state index contributed by atoms with van der Waals surface area (Å²) in [5, 5.41) is 55.5. The molecule has 2 aromatic heterocycles. The number of anilines is 10. The number of hydrogen-bond donors (Lipinski definition) is 9. The summed E-state index contributed by atoms with van der Waals surface area (Å²) in [5.74, 6) is -7.22. The first-order valence-electron chi connectivity index (χ1n) is 25.8. The van der Waals surface area contributed by atoms with E-state index < -0.39 is 129 Å². The van der Waals surface area contributed by atoms with E-state index in [1.165, 1.54) is 54.6 Å². The third kappa shape index (κ3) is 16.8. The van der Waals surface area contributed by atoms with Crippen molar-refractivity contribution < 1.29 is 111 Å². The van der Waals surface area contributed by atoms with E-state index >= 15 is 0 Å². The van der Waals surface area contributed by atoms with Crippen LogP contribution in [0.2, 0.25) is 20.6 Å². The van der Waals surface area contributed by atoms with Gasteiger partial charge in [0.05, 0.1) is 27.4 Å². The van der Waals surface area contributed by atoms with Crippen molar-refractivity contribution in [2.75, 3.05) is 31.3 Å². The van der Waals surface area contributed by atoms with Crippen LogP contribution in [0.3, 0.4) is 0 Å². The quantitative estimate of drug-likeness (QED) is 0.0197. The number of nitrogens with zero attached hydrogens (tertiary/aromatic N) is 14. The number of nitrogens with one attached hydrogen (secondary N) is 4. The van der Waals surface area contributed by atoms with Crippen molar-refractivity contribution in [3.63, 3.8) is 0 Å². The first-order valence-corrected chi connectivity index (χ1v) is 33.1. The van der Waals surface area contributed by atoms with Crippen molar-refractivity contribution in [2.24, 2.45) is 30.7 Å². The molecule has 0 saturated heterocycles. The van der Waals surface area contributed by atoms with Gasteiger partial charge in [0, 0.05) is 22.7 Å². The van der Waals surface area contributed by atoms with Gasteiger partial charge in [-0.1, -0.05) is 71.8 Å². The topological polar surface area (TPSA) is 535 Å². The summed E-state index contributed by atoms with van der Waals surface area (Å²) in [5.41, 5.74) is -3.96. The standard InChI is InChI=1S/C52H34Cl4N18O18S4.Na/c53-29-5-1-3-7-33(29)73-43(75)39(41(71-73)45(77)78)69-67-31-19-25(15-17-35(31)93(81,82)83)57-49-61-47(55)63-51(65-49)59-27-13-11-23(37(21-27)95(87,88)89)9-10-24-12-14-28(22-38(24)96(90,91)92)60-52-64-48(56)62-50(66-52)58-26-16-18-36(94(84,85)86)32(20-26)68-70-40-42(46(79)80)72-74(44(40)76)34-8-4-2-6-30(34)54;/h1-22,39-40H,(H,77,78)(H,79,80)(H,81,82,83)(H,84,85,86)(H,87,88,89)(H,90,91,92)(H2,57,59,61,63,65)(H2,58,60,62,64,66);/q;+1/p-1. The Kier molecular flexibility index (Phi) is 21.2. The largest absolute Gasteiger partial charge is 1.00 e. The van der Waals surface area contributed by atoms with Crippen LogP contribution >= 0.6 is 46.4 Å². The number of carbonyl (C=O) groups excluding carboxylic acids is 3. The van der Waals surface area contributed by atoms with Gasteiger partial charge in [0.25, 0.3) is 52.3 Å². The summed E-state index contributed by atoms with van der Waals surface area (Å²) in [6.07, 6.45) is 2.13. The zero-order chi connectivity index (χ0) is 69.3. The summed E-state index contributed by atoms with van der Waals surface area (Å²) in [7, 11) is -20.4. The van der Waals surface area contributed by atoms with E-state index in [1.54, 1.807) is 6.07 Å². The molecule has 0 fully saturated rings. The number of carbonyl (C=O) groups is 4. The van der Waals surface area contributed by atoms with Crippen molar-refractivity contribution in [3.05, 3.63) is 153 Å². The molecule has 0 bridgehead atoms. The third-order valence-electron chi connectivity index (χ3n) is 12.7. The molecule has 2 aliphatic heterocycles. The van der Waals surface area contributed by atoms with E-state index in [-0.39, 0.29) is 109 Å². The number of rotatable bonds is 22. The molecule has 0 radical (unpaired) electrons. The Morgan fingerprint density at radius 1 is 0.474 bits per heavy atom. The summed E-state index contributed by atoms with van der Waals surface area (Å²) < 4.78 is 142. The van der Waals surface area contributed by atoms with E-state index in [2.05, 4.69) is 81.8 Å². The van der Waals surface area contributed by atoms with Crippen LogP contribution in [-0.4, -0.2) is 134 Å². The second-order valence-corrected chi connectivity index (χ2v) is 26.2. The van der Waals surface area contributed by atoms with Crippen molar-refractivity contribution in [1.82, 2.24) is 29.9 Å². The van der Waals surface area contributed by atoms with Crippen molar-refractivity contribution in [2.45, 2.75) is 31.7 Å². The van der Waals surface area contributed by atoms with Gasteiger partial charge in [-0.2, -0.15) is 104 Å². The number of aliphatic carboxylic acids is 2. The van der Waals surface area contributed by atoms with Crippen molar-refractivity contribution >= 4 is 203 Å². The Hall–Kier alpha value is -9.50. The average molecular weight is 1490 g/mol. The number of aromatic nitrogens is 6. The first kappa shape index (κ1) is 71.8. The van der Waals surface area contributed by atoms with Gasteiger partial charge in [0.2, 0.25) is 40.4 Å². The fourth-order valence-electron chi connectivity index (χ4n) is 8.59. The molecule has 2 atom stereocenters. The predicted octanol–water partition coefficient (Wildman–Crippen LogP) is 4.35. The Morgan fingerprint density at radius 2 is 0.804 bits per heavy atom. The van der Waals surface area contributed by atoms with Crippen LogP contribution in [0.15, 0.2) is 172 Å². The van der Waals surface area contributed by atoms with Crippen LogP contribution in [0.1, 0.15) is 11.1 Å². The Morgan fingerprint density at radius 3 is 1.14 bits per heavy atom. The van der Waals surface area contributed by atoms with E-state index in [9.17, 15) is 81.3 Å². The smallest absolute Gasteiger partial charge is 0.543 e. The number of amides is 2. The predicted molar refractivity (Wildman–Crippen MR) is 339 cm³/mol. The molecule has 45 heteroatoms. The molecule has 0 aliphatic carbocycles. The Labute approximate surface area is 586 Å². The van der Waals surface area contributed by atoms with E-state index in [0.29, 0.717) is 10.0 Å². The third-order valence-corrected chi connectivity index (χ3v) is 17.3. The number of carboxylic acids is 2. The maximum absolute atomic E-state index is 13.4. The second kappa shape index (κ2) is 28.7. The minimum atomic E-state index is -5.12. The maximum Gasteiger partial charge on any atom is 1.00 e. The molecule has 2 unspecified atom stereocenters. The summed E-state index contributed by atoms with van der Waals surface area (Å²) >= 11 is 24.8. The van der Waals surface area contributed by atoms with E-state index in [1.807, 2.05) is 0 Å².